The lowest BCUT2D eigenvalue weighted by Gasteiger charge is -2.01. The lowest BCUT2D eigenvalue weighted by Crippen LogP contribution is -2.07. The Labute approximate surface area is 110 Å². The van der Waals surface area contributed by atoms with E-state index in [1.54, 1.807) is 12.1 Å². The Morgan fingerprint density at radius 2 is 2.32 bits per heavy atom. The summed E-state index contributed by atoms with van der Waals surface area (Å²) in [5.41, 5.74) is 0.112. The zero-order chi connectivity index (χ0) is 14.3. The van der Waals surface area contributed by atoms with Crippen LogP contribution in [0.3, 0.4) is 0 Å². The summed E-state index contributed by atoms with van der Waals surface area (Å²) in [7, 11) is 0. The molecule has 0 N–H and O–H groups in total. The Hall–Kier alpha value is -2.68. The molecule has 0 aliphatic carbocycles. The van der Waals surface area contributed by atoms with E-state index in [0.29, 0.717) is 12.0 Å². The minimum absolute atomic E-state index is 0.104. The third-order valence-corrected chi connectivity index (χ3v) is 2.17. The van der Waals surface area contributed by atoms with Gasteiger partial charge in [-0.25, -0.2) is 4.79 Å². The van der Waals surface area contributed by atoms with Gasteiger partial charge in [-0.3, -0.25) is 10.1 Å². The first-order chi connectivity index (χ1) is 9.08. The summed E-state index contributed by atoms with van der Waals surface area (Å²) >= 11 is 0. The molecule has 6 nitrogen and oxygen atoms in total. The van der Waals surface area contributed by atoms with Gasteiger partial charge in [-0.05, 0) is 18.1 Å². The first kappa shape index (κ1) is 14.4. The van der Waals surface area contributed by atoms with E-state index in [-0.39, 0.29) is 17.9 Å². The van der Waals surface area contributed by atoms with Crippen LogP contribution < -0.4 is 0 Å². The maximum Gasteiger partial charge on any atom is 0.348 e. The van der Waals surface area contributed by atoms with Gasteiger partial charge in [0.05, 0.1) is 11.5 Å². The highest BCUT2D eigenvalue weighted by Gasteiger charge is 2.11. The second-order valence-corrected chi connectivity index (χ2v) is 3.66. The van der Waals surface area contributed by atoms with Gasteiger partial charge >= 0.3 is 5.97 Å². The van der Waals surface area contributed by atoms with Crippen molar-refractivity contribution in [2.75, 3.05) is 6.61 Å². The summed E-state index contributed by atoms with van der Waals surface area (Å²) in [6, 6.07) is 7.39. The van der Waals surface area contributed by atoms with Crippen LogP contribution in [0.2, 0.25) is 0 Å². The predicted molar refractivity (Wildman–Crippen MR) is 67.9 cm³/mol. The lowest BCUT2D eigenvalue weighted by atomic mass is 10.1. The Balaban J connectivity index is 2.98. The summed E-state index contributed by atoms with van der Waals surface area (Å²) < 4.78 is 4.83. The van der Waals surface area contributed by atoms with Gasteiger partial charge in [0.15, 0.2) is 0 Å². The number of ether oxygens (including phenoxy) is 1. The summed E-state index contributed by atoms with van der Waals surface area (Å²) in [6.45, 7) is 2.07. The highest BCUT2D eigenvalue weighted by molar-refractivity contribution is 5.97. The molecule has 0 aliphatic heterocycles. The number of carbonyl (C=O) groups excluding carboxylic acids is 1. The van der Waals surface area contributed by atoms with Crippen LogP contribution in [0, 0.1) is 21.4 Å². The number of nitro benzene ring substituents is 1. The zero-order valence-corrected chi connectivity index (χ0v) is 10.3. The third kappa shape index (κ3) is 4.24. The largest absolute Gasteiger partial charge is 0.462 e. The standard InChI is InChI=1S/C13H12N2O4/c1-2-6-19-13(16)11(9-14)7-10-4-3-5-12(8-10)15(17)18/h3-5,7-8H,2,6H2,1H3/b11-7+. The fraction of sp³-hybridized carbons (Fsp3) is 0.231. The first-order valence-corrected chi connectivity index (χ1v) is 5.62. The maximum atomic E-state index is 11.5. The fourth-order valence-electron chi connectivity index (χ4n) is 1.30. The number of nitrogens with zero attached hydrogens (tertiary/aromatic N) is 2. The minimum Gasteiger partial charge on any atom is -0.462 e. The smallest absolute Gasteiger partial charge is 0.348 e. The first-order valence-electron chi connectivity index (χ1n) is 5.62. The van der Waals surface area contributed by atoms with Gasteiger partial charge in [-0.2, -0.15) is 5.26 Å². The molecule has 1 aromatic carbocycles. The molecule has 0 saturated heterocycles. The van der Waals surface area contributed by atoms with E-state index in [1.807, 2.05) is 6.92 Å². The number of hydrogen-bond acceptors (Lipinski definition) is 5. The molecule has 98 valence electrons. The Kier molecular flexibility index (Phi) is 5.23. The van der Waals surface area contributed by atoms with Crippen molar-refractivity contribution in [1.82, 2.24) is 0 Å². The van der Waals surface area contributed by atoms with Crippen molar-refractivity contribution in [3.05, 3.63) is 45.5 Å². The molecule has 0 fully saturated rings. The van der Waals surface area contributed by atoms with Gasteiger partial charge in [0, 0.05) is 12.1 Å². The Morgan fingerprint density at radius 3 is 2.89 bits per heavy atom. The van der Waals surface area contributed by atoms with Crippen molar-refractivity contribution in [2.45, 2.75) is 13.3 Å². The quantitative estimate of drug-likeness (QED) is 0.266. The molecule has 0 aliphatic rings. The van der Waals surface area contributed by atoms with Crippen LogP contribution in [0.25, 0.3) is 6.08 Å². The zero-order valence-electron chi connectivity index (χ0n) is 10.3. The molecule has 0 amide bonds. The molecule has 0 radical (unpaired) electrons. The maximum absolute atomic E-state index is 11.5. The van der Waals surface area contributed by atoms with E-state index in [2.05, 4.69) is 0 Å². The van der Waals surface area contributed by atoms with Gasteiger partial charge in [0.2, 0.25) is 0 Å². The molecule has 0 aromatic heterocycles. The average Bonchev–Trinajstić information content (AvgIpc) is 2.42. The van der Waals surface area contributed by atoms with Crippen LogP contribution in [0.5, 0.6) is 0 Å². The van der Waals surface area contributed by atoms with Gasteiger partial charge < -0.3 is 4.74 Å². The summed E-state index contributed by atoms with van der Waals surface area (Å²) in [4.78, 5) is 21.6. The van der Waals surface area contributed by atoms with E-state index >= 15 is 0 Å². The summed E-state index contributed by atoms with van der Waals surface area (Å²) in [5, 5.41) is 19.5. The van der Waals surface area contributed by atoms with Crippen LogP contribution in [0.1, 0.15) is 18.9 Å². The SMILES string of the molecule is CCCOC(=O)/C(C#N)=C/c1cccc([N+](=O)[O-])c1. The molecule has 1 aromatic rings. The van der Waals surface area contributed by atoms with Crippen LogP contribution in [-0.2, 0) is 9.53 Å². The second kappa shape index (κ2) is 6.91. The molecule has 0 saturated carbocycles. The summed E-state index contributed by atoms with van der Waals surface area (Å²) in [5.74, 6) is -0.726. The van der Waals surface area contributed by atoms with Gasteiger partial charge in [0.25, 0.3) is 5.69 Å². The molecular formula is C13H12N2O4. The second-order valence-electron chi connectivity index (χ2n) is 3.66. The molecule has 0 unspecified atom stereocenters. The van der Waals surface area contributed by atoms with Crippen molar-refractivity contribution in [2.24, 2.45) is 0 Å². The van der Waals surface area contributed by atoms with Gasteiger partial charge in [-0.15, -0.1) is 0 Å². The molecule has 0 bridgehead atoms. The number of hydrogen-bond donors (Lipinski definition) is 0. The molecule has 19 heavy (non-hydrogen) atoms. The van der Waals surface area contributed by atoms with Crippen molar-refractivity contribution in [1.29, 1.82) is 5.26 Å². The van der Waals surface area contributed by atoms with Crippen LogP contribution >= 0.6 is 0 Å². The van der Waals surface area contributed by atoms with Crippen molar-refractivity contribution < 1.29 is 14.5 Å². The molecule has 0 spiro atoms. The Morgan fingerprint density at radius 1 is 1.58 bits per heavy atom. The van der Waals surface area contributed by atoms with E-state index in [0.717, 1.165) is 0 Å². The van der Waals surface area contributed by atoms with Crippen molar-refractivity contribution in [3.8, 4) is 6.07 Å². The molecule has 6 heteroatoms. The minimum atomic E-state index is -0.726. The molecular weight excluding hydrogens is 248 g/mol. The van der Waals surface area contributed by atoms with E-state index < -0.39 is 10.9 Å². The molecule has 0 heterocycles. The number of carbonyl (C=O) groups is 1. The van der Waals surface area contributed by atoms with E-state index in [4.69, 9.17) is 10.00 Å². The number of nitro groups is 1. The summed E-state index contributed by atoms with van der Waals surface area (Å²) in [6.07, 6.45) is 1.92. The normalized spacial score (nSPS) is 10.6. The lowest BCUT2D eigenvalue weighted by molar-refractivity contribution is -0.384. The van der Waals surface area contributed by atoms with Gasteiger partial charge in [-0.1, -0.05) is 19.1 Å². The monoisotopic (exact) mass is 260 g/mol. The number of non-ortho nitro benzene ring substituents is 1. The fourth-order valence-corrected chi connectivity index (χ4v) is 1.30. The molecule has 0 atom stereocenters. The Bertz CT molecular complexity index is 558. The topological polar surface area (TPSA) is 93.2 Å². The molecule has 1 rings (SSSR count). The van der Waals surface area contributed by atoms with E-state index in [1.165, 1.54) is 24.3 Å². The number of nitriles is 1. The number of esters is 1. The predicted octanol–water partition coefficient (Wildman–Crippen LogP) is 2.45. The third-order valence-electron chi connectivity index (χ3n) is 2.17. The van der Waals surface area contributed by atoms with Gasteiger partial charge in [0.1, 0.15) is 11.6 Å². The number of benzene rings is 1. The average molecular weight is 260 g/mol. The van der Waals surface area contributed by atoms with E-state index in [9.17, 15) is 14.9 Å². The number of rotatable bonds is 5. The van der Waals surface area contributed by atoms with Crippen LogP contribution in [0.4, 0.5) is 5.69 Å². The van der Waals surface area contributed by atoms with Crippen molar-refractivity contribution >= 4 is 17.7 Å². The van der Waals surface area contributed by atoms with Crippen molar-refractivity contribution in [3.63, 3.8) is 0 Å². The van der Waals surface area contributed by atoms with Crippen LogP contribution in [-0.4, -0.2) is 17.5 Å². The highest BCUT2D eigenvalue weighted by atomic mass is 16.6. The highest BCUT2D eigenvalue weighted by Crippen LogP contribution is 2.16. The van der Waals surface area contributed by atoms with Crippen LogP contribution in [0.15, 0.2) is 29.8 Å².